The van der Waals surface area contributed by atoms with Crippen LogP contribution in [0.2, 0.25) is 0 Å². The molecule has 1 amide bonds. The van der Waals surface area contributed by atoms with Gasteiger partial charge < -0.3 is 18.6 Å². The summed E-state index contributed by atoms with van der Waals surface area (Å²) >= 11 is 0. The SMILES string of the molecule is CCOc1cc(C(=O)Nc2nnc(-c3ccc(C)cc3C)o2)cc(OCC)c1OCC. The van der Waals surface area contributed by atoms with Gasteiger partial charge in [0.1, 0.15) is 0 Å². The molecule has 3 aromatic rings. The molecule has 3 rings (SSSR count). The number of anilines is 1. The van der Waals surface area contributed by atoms with Gasteiger partial charge in [-0.25, -0.2) is 0 Å². The maximum Gasteiger partial charge on any atom is 0.322 e. The maximum absolute atomic E-state index is 12.9. The number of ether oxygens (including phenoxy) is 3. The molecule has 1 N–H and O–H groups in total. The first-order valence-corrected chi connectivity index (χ1v) is 10.3. The van der Waals surface area contributed by atoms with Crippen molar-refractivity contribution < 1.29 is 23.4 Å². The van der Waals surface area contributed by atoms with Gasteiger partial charge in [0.05, 0.1) is 19.8 Å². The molecular formula is C23H27N3O5. The standard InChI is InChI=1S/C23H27N3O5/c1-6-28-18-12-16(13-19(29-7-2)20(18)30-8-3)21(27)24-23-26-25-22(31-23)17-10-9-14(4)11-15(17)5/h9-13H,6-8H2,1-5H3,(H,24,26,27). The summed E-state index contributed by atoms with van der Waals surface area (Å²) in [6.07, 6.45) is 0. The largest absolute Gasteiger partial charge is 0.490 e. The number of amides is 1. The second kappa shape index (κ2) is 9.97. The van der Waals surface area contributed by atoms with Crippen molar-refractivity contribution in [2.75, 3.05) is 25.1 Å². The van der Waals surface area contributed by atoms with Crippen LogP contribution in [0.15, 0.2) is 34.7 Å². The van der Waals surface area contributed by atoms with Crippen LogP contribution in [0.1, 0.15) is 42.3 Å². The van der Waals surface area contributed by atoms with Crippen molar-refractivity contribution in [2.45, 2.75) is 34.6 Å². The third-order valence-electron chi connectivity index (χ3n) is 4.43. The van der Waals surface area contributed by atoms with Crippen LogP contribution >= 0.6 is 0 Å². The fourth-order valence-corrected chi connectivity index (χ4v) is 3.13. The van der Waals surface area contributed by atoms with Gasteiger partial charge in [-0.2, -0.15) is 0 Å². The van der Waals surface area contributed by atoms with E-state index in [2.05, 4.69) is 15.5 Å². The monoisotopic (exact) mass is 425 g/mol. The normalized spacial score (nSPS) is 10.6. The topological polar surface area (TPSA) is 95.7 Å². The van der Waals surface area contributed by atoms with Gasteiger partial charge in [0, 0.05) is 11.1 Å². The van der Waals surface area contributed by atoms with Crippen molar-refractivity contribution >= 4 is 11.9 Å². The average molecular weight is 425 g/mol. The highest BCUT2D eigenvalue weighted by atomic mass is 16.5. The fourth-order valence-electron chi connectivity index (χ4n) is 3.13. The van der Waals surface area contributed by atoms with Crippen LogP contribution in [0.5, 0.6) is 17.2 Å². The Balaban J connectivity index is 1.87. The summed E-state index contributed by atoms with van der Waals surface area (Å²) in [6, 6.07) is 9.13. The lowest BCUT2D eigenvalue weighted by atomic mass is 10.1. The Hall–Kier alpha value is -3.55. The lowest BCUT2D eigenvalue weighted by Crippen LogP contribution is -2.13. The summed E-state index contributed by atoms with van der Waals surface area (Å²) < 4.78 is 22.7. The molecule has 0 bridgehead atoms. The molecule has 31 heavy (non-hydrogen) atoms. The second-order valence-corrected chi connectivity index (χ2v) is 6.79. The van der Waals surface area contributed by atoms with E-state index in [1.807, 2.05) is 52.8 Å². The lowest BCUT2D eigenvalue weighted by molar-refractivity contribution is 0.102. The first-order chi connectivity index (χ1) is 15.0. The summed E-state index contributed by atoms with van der Waals surface area (Å²) in [6.45, 7) is 10.8. The zero-order chi connectivity index (χ0) is 22.4. The average Bonchev–Trinajstić information content (AvgIpc) is 3.18. The summed E-state index contributed by atoms with van der Waals surface area (Å²) in [5, 5.41) is 10.6. The van der Waals surface area contributed by atoms with E-state index in [1.54, 1.807) is 12.1 Å². The highest BCUT2D eigenvalue weighted by Crippen LogP contribution is 2.39. The molecular weight excluding hydrogens is 398 g/mol. The molecule has 8 heteroatoms. The van der Waals surface area contributed by atoms with Crippen LogP contribution in [-0.4, -0.2) is 35.9 Å². The van der Waals surface area contributed by atoms with Gasteiger partial charge in [-0.1, -0.05) is 22.8 Å². The van der Waals surface area contributed by atoms with Crippen LogP contribution in [-0.2, 0) is 0 Å². The van der Waals surface area contributed by atoms with E-state index in [0.29, 0.717) is 48.5 Å². The van der Waals surface area contributed by atoms with Crippen LogP contribution in [0.3, 0.4) is 0 Å². The van der Waals surface area contributed by atoms with E-state index in [-0.39, 0.29) is 6.01 Å². The predicted octanol–water partition coefficient (Wildman–Crippen LogP) is 4.80. The van der Waals surface area contributed by atoms with Crippen molar-refractivity contribution in [2.24, 2.45) is 0 Å². The zero-order valence-electron chi connectivity index (χ0n) is 18.4. The van der Waals surface area contributed by atoms with E-state index in [1.165, 1.54) is 0 Å². The third-order valence-corrected chi connectivity index (χ3v) is 4.43. The van der Waals surface area contributed by atoms with Gasteiger partial charge in [-0.15, -0.1) is 5.10 Å². The van der Waals surface area contributed by atoms with Gasteiger partial charge in [0.2, 0.25) is 11.6 Å². The molecule has 0 unspecified atom stereocenters. The molecule has 0 saturated heterocycles. The molecule has 0 aliphatic rings. The fraction of sp³-hybridized carbons (Fsp3) is 0.348. The first-order valence-electron chi connectivity index (χ1n) is 10.3. The second-order valence-electron chi connectivity index (χ2n) is 6.79. The van der Waals surface area contributed by atoms with E-state index >= 15 is 0 Å². The van der Waals surface area contributed by atoms with E-state index < -0.39 is 5.91 Å². The molecule has 164 valence electrons. The number of hydrogen-bond acceptors (Lipinski definition) is 7. The van der Waals surface area contributed by atoms with Crippen molar-refractivity contribution in [1.82, 2.24) is 10.2 Å². The Bertz CT molecular complexity index is 1030. The van der Waals surface area contributed by atoms with E-state index in [9.17, 15) is 4.79 Å². The Kier molecular flexibility index (Phi) is 7.12. The number of carbonyl (C=O) groups is 1. The number of aryl methyl sites for hydroxylation is 2. The van der Waals surface area contributed by atoms with Crippen LogP contribution in [0, 0.1) is 13.8 Å². The lowest BCUT2D eigenvalue weighted by Gasteiger charge is -2.16. The van der Waals surface area contributed by atoms with Crippen LogP contribution < -0.4 is 19.5 Å². The highest BCUT2D eigenvalue weighted by molar-refractivity contribution is 6.04. The Morgan fingerprint density at radius 3 is 2.16 bits per heavy atom. The molecule has 2 aromatic carbocycles. The van der Waals surface area contributed by atoms with Gasteiger partial charge in [0.25, 0.3) is 5.91 Å². The molecule has 1 heterocycles. The Morgan fingerprint density at radius 1 is 0.935 bits per heavy atom. The Morgan fingerprint density at radius 2 is 1.58 bits per heavy atom. The molecule has 0 spiro atoms. The number of rotatable bonds is 9. The van der Waals surface area contributed by atoms with Crippen LogP contribution in [0.4, 0.5) is 6.01 Å². The number of nitrogens with zero attached hydrogens (tertiary/aromatic N) is 2. The summed E-state index contributed by atoms with van der Waals surface area (Å²) in [5.74, 6) is 1.24. The van der Waals surface area contributed by atoms with Crippen molar-refractivity contribution in [3.8, 4) is 28.7 Å². The van der Waals surface area contributed by atoms with Crippen molar-refractivity contribution in [1.29, 1.82) is 0 Å². The number of hydrogen-bond donors (Lipinski definition) is 1. The minimum Gasteiger partial charge on any atom is -0.490 e. The summed E-state index contributed by atoms with van der Waals surface area (Å²) in [5.41, 5.74) is 3.29. The molecule has 0 saturated carbocycles. The van der Waals surface area contributed by atoms with E-state index in [0.717, 1.165) is 16.7 Å². The predicted molar refractivity (Wildman–Crippen MR) is 117 cm³/mol. The number of nitrogens with one attached hydrogen (secondary N) is 1. The van der Waals surface area contributed by atoms with Crippen LogP contribution in [0.25, 0.3) is 11.5 Å². The minimum atomic E-state index is -0.430. The number of carbonyl (C=O) groups excluding carboxylic acids is 1. The summed E-state index contributed by atoms with van der Waals surface area (Å²) in [7, 11) is 0. The molecule has 0 atom stereocenters. The first kappa shape index (κ1) is 22.1. The van der Waals surface area contributed by atoms with Crippen molar-refractivity contribution in [3.63, 3.8) is 0 Å². The number of aromatic nitrogens is 2. The van der Waals surface area contributed by atoms with E-state index in [4.69, 9.17) is 18.6 Å². The molecule has 1 aromatic heterocycles. The van der Waals surface area contributed by atoms with Gasteiger partial charge in [0.15, 0.2) is 11.5 Å². The highest BCUT2D eigenvalue weighted by Gasteiger charge is 2.20. The summed E-state index contributed by atoms with van der Waals surface area (Å²) in [4.78, 5) is 12.9. The molecule has 8 nitrogen and oxygen atoms in total. The smallest absolute Gasteiger partial charge is 0.322 e. The maximum atomic E-state index is 12.9. The molecule has 0 fully saturated rings. The molecule has 0 aliphatic heterocycles. The third kappa shape index (κ3) is 5.14. The zero-order valence-corrected chi connectivity index (χ0v) is 18.4. The Labute approximate surface area is 181 Å². The molecule has 0 aliphatic carbocycles. The van der Waals surface area contributed by atoms with Gasteiger partial charge >= 0.3 is 6.01 Å². The minimum absolute atomic E-state index is 0.00443. The molecule has 0 radical (unpaired) electrons. The van der Waals surface area contributed by atoms with Gasteiger partial charge in [-0.3, -0.25) is 10.1 Å². The van der Waals surface area contributed by atoms with Crippen molar-refractivity contribution in [3.05, 3.63) is 47.0 Å². The quantitative estimate of drug-likeness (QED) is 0.526. The number of benzene rings is 2. The van der Waals surface area contributed by atoms with Gasteiger partial charge in [-0.05, 0) is 58.4 Å².